The Hall–Kier alpha value is -1.29. The predicted molar refractivity (Wildman–Crippen MR) is 45.2 cm³/mol. The van der Waals surface area contributed by atoms with E-state index in [1.54, 1.807) is 6.07 Å². The van der Waals surface area contributed by atoms with Crippen molar-refractivity contribution in [3.8, 4) is 5.88 Å². The second kappa shape index (κ2) is 3.92. The summed E-state index contributed by atoms with van der Waals surface area (Å²) in [5.74, 6) is 0.372. The standard InChI is InChI=1S/C7H7ClN2O2/c1-12-7-5(3-10-11)2-6(8)4-9-7/h2-4,11H,1H3. The van der Waals surface area contributed by atoms with E-state index in [2.05, 4.69) is 10.1 Å². The monoisotopic (exact) mass is 186 g/mol. The Morgan fingerprint density at radius 2 is 2.50 bits per heavy atom. The number of methoxy groups -OCH3 is 1. The Balaban J connectivity index is 3.12. The van der Waals surface area contributed by atoms with E-state index < -0.39 is 0 Å². The van der Waals surface area contributed by atoms with E-state index in [1.165, 1.54) is 19.5 Å². The first-order valence-electron chi connectivity index (χ1n) is 3.15. The van der Waals surface area contributed by atoms with Gasteiger partial charge in [0.15, 0.2) is 0 Å². The molecule has 1 aromatic rings. The zero-order chi connectivity index (χ0) is 8.97. The number of aromatic nitrogens is 1. The fraction of sp³-hybridized carbons (Fsp3) is 0.143. The molecule has 4 nitrogen and oxygen atoms in total. The van der Waals surface area contributed by atoms with Gasteiger partial charge in [-0.2, -0.15) is 0 Å². The van der Waals surface area contributed by atoms with Crippen LogP contribution in [-0.4, -0.2) is 23.5 Å². The highest BCUT2D eigenvalue weighted by Gasteiger charge is 2.02. The van der Waals surface area contributed by atoms with E-state index in [1.807, 2.05) is 0 Å². The maximum absolute atomic E-state index is 8.27. The average molecular weight is 187 g/mol. The molecule has 0 bridgehead atoms. The molecule has 1 N–H and O–H groups in total. The van der Waals surface area contributed by atoms with Crippen LogP contribution in [0, 0.1) is 0 Å². The molecule has 0 saturated carbocycles. The Kier molecular flexibility index (Phi) is 2.88. The van der Waals surface area contributed by atoms with Crippen molar-refractivity contribution in [2.75, 3.05) is 7.11 Å². The third kappa shape index (κ3) is 1.85. The van der Waals surface area contributed by atoms with Crippen LogP contribution < -0.4 is 4.74 Å². The number of rotatable bonds is 2. The van der Waals surface area contributed by atoms with Gasteiger partial charge < -0.3 is 9.94 Å². The van der Waals surface area contributed by atoms with Crippen LogP contribution in [0.2, 0.25) is 5.02 Å². The summed E-state index contributed by atoms with van der Waals surface area (Å²) in [6, 6.07) is 1.59. The molecule has 1 rings (SSSR count). The van der Waals surface area contributed by atoms with Gasteiger partial charge >= 0.3 is 0 Å². The molecule has 0 aromatic carbocycles. The van der Waals surface area contributed by atoms with Crippen LogP contribution in [0.15, 0.2) is 17.4 Å². The van der Waals surface area contributed by atoms with Crippen molar-refractivity contribution in [2.24, 2.45) is 5.16 Å². The minimum absolute atomic E-state index is 0.372. The fourth-order valence-electron chi connectivity index (χ4n) is 0.768. The van der Waals surface area contributed by atoms with Crippen LogP contribution in [0.25, 0.3) is 0 Å². The Labute approximate surface area is 74.4 Å². The topological polar surface area (TPSA) is 54.7 Å². The summed E-state index contributed by atoms with van der Waals surface area (Å²) < 4.78 is 4.88. The van der Waals surface area contributed by atoms with Gasteiger partial charge in [0.2, 0.25) is 5.88 Å². The average Bonchev–Trinajstić information content (AvgIpc) is 2.05. The largest absolute Gasteiger partial charge is 0.481 e. The minimum atomic E-state index is 0.372. The molecule has 0 aliphatic rings. The zero-order valence-electron chi connectivity index (χ0n) is 6.36. The highest BCUT2D eigenvalue weighted by Crippen LogP contribution is 2.16. The maximum Gasteiger partial charge on any atom is 0.222 e. The van der Waals surface area contributed by atoms with E-state index in [-0.39, 0.29) is 0 Å². The van der Waals surface area contributed by atoms with Crippen LogP contribution in [0.4, 0.5) is 0 Å². The molecule has 5 heteroatoms. The molecule has 0 unspecified atom stereocenters. The van der Waals surface area contributed by atoms with Gasteiger partial charge in [0.25, 0.3) is 0 Å². The number of hydrogen-bond acceptors (Lipinski definition) is 4. The van der Waals surface area contributed by atoms with Gasteiger partial charge in [0.05, 0.1) is 23.9 Å². The Morgan fingerprint density at radius 1 is 1.75 bits per heavy atom. The third-order valence-electron chi connectivity index (χ3n) is 1.24. The Bertz CT molecular complexity index is 301. The summed E-state index contributed by atoms with van der Waals surface area (Å²) in [5.41, 5.74) is 0.535. The molecule has 0 amide bonds. The lowest BCUT2D eigenvalue weighted by Gasteiger charge is -2.01. The molecule has 0 radical (unpaired) electrons. The van der Waals surface area contributed by atoms with Gasteiger partial charge in [0.1, 0.15) is 0 Å². The summed E-state index contributed by atoms with van der Waals surface area (Å²) in [4.78, 5) is 3.86. The van der Waals surface area contributed by atoms with Gasteiger partial charge in [-0.15, -0.1) is 0 Å². The second-order valence-corrected chi connectivity index (χ2v) is 2.43. The lowest BCUT2D eigenvalue weighted by molar-refractivity contribution is 0.321. The predicted octanol–water partition coefficient (Wildman–Crippen LogP) is 1.55. The first kappa shape index (κ1) is 8.80. The van der Waals surface area contributed by atoms with Gasteiger partial charge in [0, 0.05) is 6.20 Å². The first-order chi connectivity index (χ1) is 5.77. The lowest BCUT2D eigenvalue weighted by atomic mass is 10.3. The number of hydrogen-bond donors (Lipinski definition) is 1. The summed E-state index contributed by atoms with van der Waals surface area (Å²) in [7, 11) is 1.48. The van der Waals surface area contributed by atoms with Crippen LogP contribution in [0.3, 0.4) is 0 Å². The third-order valence-corrected chi connectivity index (χ3v) is 1.44. The smallest absolute Gasteiger partial charge is 0.222 e. The van der Waals surface area contributed by atoms with E-state index in [4.69, 9.17) is 21.5 Å². The molecule has 1 heterocycles. The van der Waals surface area contributed by atoms with E-state index in [0.29, 0.717) is 16.5 Å². The van der Waals surface area contributed by atoms with Crippen LogP contribution in [-0.2, 0) is 0 Å². The van der Waals surface area contributed by atoms with Crippen molar-refractivity contribution >= 4 is 17.8 Å². The number of halogens is 1. The highest BCUT2D eigenvalue weighted by molar-refractivity contribution is 6.30. The molecule has 0 fully saturated rings. The SMILES string of the molecule is COc1ncc(Cl)cc1C=NO. The van der Waals surface area contributed by atoms with E-state index in [9.17, 15) is 0 Å². The number of nitrogens with zero attached hydrogens (tertiary/aromatic N) is 2. The van der Waals surface area contributed by atoms with Gasteiger partial charge in [-0.3, -0.25) is 0 Å². The van der Waals surface area contributed by atoms with Gasteiger partial charge in [-0.1, -0.05) is 16.8 Å². The van der Waals surface area contributed by atoms with Crippen molar-refractivity contribution in [1.82, 2.24) is 4.98 Å². The molecular weight excluding hydrogens is 180 g/mol. The quantitative estimate of drug-likeness (QED) is 0.433. The first-order valence-corrected chi connectivity index (χ1v) is 3.52. The normalized spacial score (nSPS) is 10.5. The summed E-state index contributed by atoms with van der Waals surface area (Å²) in [6.45, 7) is 0. The second-order valence-electron chi connectivity index (χ2n) is 2.00. The lowest BCUT2D eigenvalue weighted by Crippen LogP contribution is -1.93. The van der Waals surface area contributed by atoms with E-state index in [0.717, 1.165) is 0 Å². The van der Waals surface area contributed by atoms with Crippen LogP contribution in [0.1, 0.15) is 5.56 Å². The summed E-state index contributed by atoms with van der Waals surface area (Å²) >= 11 is 5.65. The molecule has 0 saturated heterocycles. The molecule has 0 aliphatic heterocycles. The molecule has 0 aliphatic carbocycles. The number of pyridine rings is 1. The Morgan fingerprint density at radius 3 is 3.08 bits per heavy atom. The van der Waals surface area contributed by atoms with E-state index >= 15 is 0 Å². The minimum Gasteiger partial charge on any atom is -0.481 e. The van der Waals surface area contributed by atoms with Crippen LogP contribution >= 0.6 is 11.6 Å². The van der Waals surface area contributed by atoms with Crippen molar-refractivity contribution in [2.45, 2.75) is 0 Å². The molecular formula is C7H7ClN2O2. The number of oxime groups is 1. The van der Waals surface area contributed by atoms with Crippen molar-refractivity contribution in [1.29, 1.82) is 0 Å². The van der Waals surface area contributed by atoms with Crippen molar-refractivity contribution < 1.29 is 9.94 Å². The van der Waals surface area contributed by atoms with Crippen molar-refractivity contribution in [3.63, 3.8) is 0 Å². The molecule has 12 heavy (non-hydrogen) atoms. The zero-order valence-corrected chi connectivity index (χ0v) is 7.12. The molecule has 0 spiro atoms. The van der Waals surface area contributed by atoms with Crippen molar-refractivity contribution in [3.05, 3.63) is 22.8 Å². The summed E-state index contributed by atoms with van der Waals surface area (Å²) in [6.07, 6.45) is 2.66. The fourth-order valence-corrected chi connectivity index (χ4v) is 0.934. The van der Waals surface area contributed by atoms with Gasteiger partial charge in [-0.05, 0) is 6.07 Å². The molecule has 1 aromatic heterocycles. The highest BCUT2D eigenvalue weighted by atomic mass is 35.5. The maximum atomic E-state index is 8.27. The molecule has 64 valence electrons. The van der Waals surface area contributed by atoms with Gasteiger partial charge in [-0.25, -0.2) is 4.98 Å². The molecule has 0 atom stereocenters. The summed E-state index contributed by atoms with van der Waals surface area (Å²) in [5, 5.41) is 11.6. The number of ether oxygens (including phenoxy) is 1. The van der Waals surface area contributed by atoms with Crippen LogP contribution in [0.5, 0.6) is 5.88 Å².